The van der Waals surface area contributed by atoms with E-state index in [2.05, 4.69) is 0 Å². The van der Waals surface area contributed by atoms with Gasteiger partial charge in [-0.05, 0) is 19.3 Å². The summed E-state index contributed by atoms with van der Waals surface area (Å²) >= 11 is 0. The van der Waals surface area contributed by atoms with Gasteiger partial charge in [-0.15, -0.1) is 0 Å². The summed E-state index contributed by atoms with van der Waals surface area (Å²) in [6.07, 6.45) is 1.84. The molecule has 1 fully saturated rings. The van der Waals surface area contributed by atoms with Gasteiger partial charge < -0.3 is 10.8 Å². The molecule has 0 atom stereocenters. The lowest BCUT2D eigenvalue weighted by molar-refractivity contribution is -0.385. The first kappa shape index (κ1) is 10.8. The summed E-state index contributed by atoms with van der Waals surface area (Å²) in [6, 6.07) is 1.88. The third-order valence-corrected chi connectivity index (χ3v) is 2.77. The van der Waals surface area contributed by atoms with Crippen LogP contribution in [0.25, 0.3) is 0 Å². The van der Waals surface area contributed by atoms with Gasteiger partial charge in [0.25, 0.3) is 5.69 Å². The lowest BCUT2D eigenvalue weighted by atomic mass is 10.0. The Morgan fingerprint density at radius 2 is 2.19 bits per heavy atom. The Kier molecular flexibility index (Phi) is 2.31. The quantitative estimate of drug-likeness (QED) is 0.603. The van der Waals surface area contributed by atoms with Crippen LogP contribution in [0.3, 0.4) is 0 Å². The van der Waals surface area contributed by atoms with Crippen LogP contribution < -0.4 is 5.73 Å². The van der Waals surface area contributed by atoms with Crippen molar-refractivity contribution in [3.05, 3.63) is 33.6 Å². The number of hydrogen-bond donors (Lipinski definition) is 2. The van der Waals surface area contributed by atoms with Crippen LogP contribution in [0.1, 0.15) is 18.4 Å². The number of non-ortho nitro benzene ring substituents is 1. The Hall–Kier alpha value is -1.69. The lowest BCUT2D eigenvalue weighted by Crippen LogP contribution is -2.24. The Labute approximate surface area is 90.8 Å². The second kappa shape index (κ2) is 3.41. The van der Waals surface area contributed by atoms with Gasteiger partial charge in [-0.3, -0.25) is 10.1 Å². The summed E-state index contributed by atoms with van der Waals surface area (Å²) in [7, 11) is 0. The van der Waals surface area contributed by atoms with Crippen molar-refractivity contribution in [2.75, 3.05) is 0 Å². The maximum absolute atomic E-state index is 13.2. The highest BCUT2D eigenvalue weighted by Gasteiger charge is 2.39. The Morgan fingerprint density at radius 3 is 2.69 bits per heavy atom. The SMILES string of the molecule is NC1(Cc2cc([N+](=O)[O-])cc(F)c2O)CC1. The average Bonchev–Trinajstić information content (AvgIpc) is 2.91. The Balaban J connectivity index is 2.38. The molecule has 1 aliphatic carbocycles. The number of halogens is 1. The van der Waals surface area contributed by atoms with Crippen LogP contribution in [0.5, 0.6) is 5.75 Å². The molecule has 5 nitrogen and oxygen atoms in total. The number of nitro benzene ring substituents is 1. The van der Waals surface area contributed by atoms with E-state index >= 15 is 0 Å². The molecule has 1 aromatic rings. The minimum Gasteiger partial charge on any atom is -0.505 e. The maximum atomic E-state index is 13.2. The summed E-state index contributed by atoms with van der Waals surface area (Å²) in [6.45, 7) is 0. The van der Waals surface area contributed by atoms with Crippen molar-refractivity contribution in [2.24, 2.45) is 5.73 Å². The molecular weight excluding hydrogens is 215 g/mol. The van der Waals surface area contributed by atoms with Crippen LogP contribution in [0.2, 0.25) is 0 Å². The number of nitrogens with two attached hydrogens (primary N) is 1. The number of aromatic hydroxyl groups is 1. The minimum absolute atomic E-state index is 0.201. The lowest BCUT2D eigenvalue weighted by Gasteiger charge is -2.10. The number of phenolic OH excluding ortho intramolecular Hbond substituents is 1. The van der Waals surface area contributed by atoms with Gasteiger partial charge in [-0.1, -0.05) is 0 Å². The largest absolute Gasteiger partial charge is 0.505 e. The van der Waals surface area contributed by atoms with Crippen LogP contribution >= 0.6 is 0 Å². The second-order valence-electron chi connectivity index (χ2n) is 4.23. The molecule has 0 aromatic heterocycles. The van der Waals surface area contributed by atoms with E-state index in [4.69, 9.17) is 5.73 Å². The topological polar surface area (TPSA) is 89.4 Å². The van der Waals surface area contributed by atoms with E-state index in [1.807, 2.05) is 0 Å². The van der Waals surface area contributed by atoms with Crippen LogP contribution in [-0.4, -0.2) is 15.6 Å². The summed E-state index contributed by atoms with van der Waals surface area (Å²) in [5, 5.41) is 20.0. The smallest absolute Gasteiger partial charge is 0.272 e. The Morgan fingerprint density at radius 1 is 1.56 bits per heavy atom. The Bertz CT molecular complexity index is 458. The highest BCUT2D eigenvalue weighted by molar-refractivity contribution is 5.45. The zero-order valence-electron chi connectivity index (χ0n) is 8.44. The molecule has 0 heterocycles. The predicted octanol–water partition coefficient (Wildman–Crippen LogP) is 1.47. The second-order valence-corrected chi connectivity index (χ2v) is 4.23. The third-order valence-electron chi connectivity index (χ3n) is 2.77. The predicted molar refractivity (Wildman–Crippen MR) is 54.6 cm³/mol. The van der Waals surface area contributed by atoms with Gasteiger partial charge in [-0.25, -0.2) is 4.39 Å². The first-order valence-electron chi connectivity index (χ1n) is 4.86. The summed E-state index contributed by atoms with van der Waals surface area (Å²) in [4.78, 5) is 9.83. The molecule has 0 unspecified atom stereocenters. The van der Waals surface area contributed by atoms with Gasteiger partial charge in [0, 0.05) is 17.2 Å². The minimum atomic E-state index is -0.978. The number of phenols is 1. The van der Waals surface area contributed by atoms with E-state index in [9.17, 15) is 19.6 Å². The summed E-state index contributed by atoms with van der Waals surface area (Å²) in [5.41, 5.74) is 5.22. The molecule has 0 spiro atoms. The van der Waals surface area contributed by atoms with E-state index < -0.39 is 22.0 Å². The van der Waals surface area contributed by atoms with E-state index in [0.717, 1.165) is 12.8 Å². The fourth-order valence-corrected chi connectivity index (χ4v) is 1.60. The van der Waals surface area contributed by atoms with Crippen molar-refractivity contribution < 1.29 is 14.4 Å². The molecule has 1 aromatic carbocycles. The summed E-state index contributed by atoms with van der Waals surface area (Å²) < 4.78 is 13.2. The first-order chi connectivity index (χ1) is 7.41. The molecule has 0 radical (unpaired) electrons. The van der Waals surface area contributed by atoms with Crippen molar-refractivity contribution in [1.29, 1.82) is 0 Å². The standard InChI is InChI=1S/C10H11FN2O3/c11-8-4-7(13(15)16)3-6(9(8)14)5-10(12)1-2-10/h3-4,14H,1-2,5,12H2. The number of rotatable bonds is 3. The molecule has 0 bridgehead atoms. The molecule has 6 heteroatoms. The zero-order valence-corrected chi connectivity index (χ0v) is 8.44. The van der Waals surface area contributed by atoms with Gasteiger partial charge in [0.1, 0.15) is 0 Å². The van der Waals surface area contributed by atoms with Crippen molar-refractivity contribution in [3.8, 4) is 5.75 Å². The number of nitrogens with zero attached hydrogens (tertiary/aromatic N) is 1. The van der Waals surface area contributed by atoms with Gasteiger partial charge >= 0.3 is 0 Å². The normalized spacial score (nSPS) is 17.1. The molecule has 16 heavy (non-hydrogen) atoms. The number of benzene rings is 1. The maximum Gasteiger partial charge on any atom is 0.272 e. The van der Waals surface area contributed by atoms with Crippen molar-refractivity contribution in [3.63, 3.8) is 0 Å². The third kappa shape index (κ3) is 1.96. The molecular formula is C10H11FN2O3. The van der Waals surface area contributed by atoms with Crippen LogP contribution in [0.15, 0.2) is 12.1 Å². The van der Waals surface area contributed by atoms with E-state index in [-0.39, 0.29) is 17.7 Å². The van der Waals surface area contributed by atoms with Crippen LogP contribution in [0.4, 0.5) is 10.1 Å². The highest BCUT2D eigenvalue weighted by atomic mass is 19.1. The fourth-order valence-electron chi connectivity index (χ4n) is 1.60. The van der Waals surface area contributed by atoms with E-state index in [0.29, 0.717) is 6.07 Å². The molecule has 0 amide bonds. The van der Waals surface area contributed by atoms with Gasteiger partial charge in [0.05, 0.1) is 11.0 Å². The van der Waals surface area contributed by atoms with Gasteiger partial charge in [-0.2, -0.15) is 0 Å². The number of hydrogen-bond acceptors (Lipinski definition) is 4. The van der Waals surface area contributed by atoms with Gasteiger partial charge in [0.2, 0.25) is 0 Å². The molecule has 1 aliphatic rings. The first-order valence-corrected chi connectivity index (χ1v) is 4.86. The summed E-state index contributed by atoms with van der Waals surface area (Å²) in [5.74, 6) is -1.52. The molecule has 0 saturated heterocycles. The number of nitro groups is 1. The van der Waals surface area contributed by atoms with Crippen LogP contribution in [0, 0.1) is 15.9 Å². The van der Waals surface area contributed by atoms with Gasteiger partial charge in [0.15, 0.2) is 11.6 Å². The van der Waals surface area contributed by atoms with Crippen molar-refractivity contribution in [1.82, 2.24) is 0 Å². The van der Waals surface area contributed by atoms with Crippen molar-refractivity contribution >= 4 is 5.69 Å². The van der Waals surface area contributed by atoms with Crippen LogP contribution in [-0.2, 0) is 6.42 Å². The highest BCUT2D eigenvalue weighted by Crippen LogP contribution is 2.39. The molecule has 86 valence electrons. The average molecular weight is 226 g/mol. The van der Waals surface area contributed by atoms with Crippen molar-refractivity contribution in [2.45, 2.75) is 24.8 Å². The zero-order chi connectivity index (χ0) is 11.9. The monoisotopic (exact) mass is 226 g/mol. The van der Waals surface area contributed by atoms with E-state index in [1.54, 1.807) is 0 Å². The molecule has 3 N–H and O–H groups in total. The van der Waals surface area contributed by atoms with E-state index in [1.165, 1.54) is 6.07 Å². The molecule has 1 saturated carbocycles. The fraction of sp³-hybridized carbons (Fsp3) is 0.400. The molecule has 0 aliphatic heterocycles. The molecule has 2 rings (SSSR count).